The Morgan fingerprint density at radius 3 is 1.79 bits per heavy atom. The van der Waals surface area contributed by atoms with E-state index >= 15 is 0 Å². The van der Waals surface area contributed by atoms with Crippen LogP contribution in [-0.4, -0.2) is 0 Å². The molecular weight excluding hydrogens is 230 g/mol. The predicted octanol–water partition coefficient (Wildman–Crippen LogP) is 5.34. The van der Waals surface area contributed by atoms with Gasteiger partial charge in [0.1, 0.15) is 0 Å². The highest BCUT2D eigenvalue weighted by molar-refractivity contribution is 5.66. The van der Waals surface area contributed by atoms with E-state index in [1.807, 2.05) is 0 Å². The number of aryl methyl sites for hydroxylation is 2. The first-order valence-corrected chi connectivity index (χ1v) is 6.82. The van der Waals surface area contributed by atoms with E-state index in [4.69, 9.17) is 0 Å². The molecule has 0 amide bonds. The fourth-order valence-electron chi connectivity index (χ4n) is 2.21. The summed E-state index contributed by atoms with van der Waals surface area (Å²) in [4.78, 5) is 0. The van der Waals surface area contributed by atoms with Crippen LogP contribution in [0.4, 0.5) is 11.4 Å². The maximum atomic E-state index is 3.52. The molecule has 0 aromatic heterocycles. The molecule has 1 heteroatoms. The Bertz CT molecular complexity index is 539. The third-order valence-electron chi connectivity index (χ3n) is 3.50. The Balaban J connectivity index is 2.25. The summed E-state index contributed by atoms with van der Waals surface area (Å²) in [5.41, 5.74) is 6.48. The van der Waals surface area contributed by atoms with Gasteiger partial charge in [-0.25, -0.2) is 0 Å². The zero-order valence-electron chi connectivity index (χ0n) is 12.5. The molecule has 0 atom stereocenters. The third kappa shape index (κ3) is 3.17. The second-order valence-corrected chi connectivity index (χ2v) is 6.22. The van der Waals surface area contributed by atoms with Gasteiger partial charge in [0.25, 0.3) is 0 Å². The molecule has 0 saturated carbocycles. The van der Waals surface area contributed by atoms with Gasteiger partial charge in [-0.05, 0) is 48.1 Å². The van der Waals surface area contributed by atoms with Gasteiger partial charge in [-0.3, -0.25) is 0 Å². The van der Waals surface area contributed by atoms with E-state index in [2.05, 4.69) is 82.4 Å². The number of benzene rings is 2. The van der Waals surface area contributed by atoms with E-state index in [1.165, 1.54) is 22.4 Å². The molecule has 0 unspecified atom stereocenters. The molecule has 0 fully saturated rings. The van der Waals surface area contributed by atoms with Gasteiger partial charge in [-0.1, -0.05) is 51.1 Å². The van der Waals surface area contributed by atoms with Crippen molar-refractivity contribution >= 4 is 11.4 Å². The summed E-state index contributed by atoms with van der Waals surface area (Å²) in [5.74, 6) is 0. The molecule has 0 spiro atoms. The highest BCUT2D eigenvalue weighted by Gasteiger charge is 2.12. The second kappa shape index (κ2) is 5.08. The molecule has 0 radical (unpaired) electrons. The van der Waals surface area contributed by atoms with Crippen LogP contribution in [0.15, 0.2) is 42.5 Å². The molecule has 19 heavy (non-hydrogen) atoms. The summed E-state index contributed by atoms with van der Waals surface area (Å²) < 4.78 is 0. The second-order valence-electron chi connectivity index (χ2n) is 6.22. The smallest absolute Gasteiger partial charge is 0.0443 e. The van der Waals surface area contributed by atoms with Crippen LogP contribution in [0.5, 0.6) is 0 Å². The van der Waals surface area contributed by atoms with Crippen LogP contribution in [0, 0.1) is 13.8 Å². The van der Waals surface area contributed by atoms with Crippen molar-refractivity contribution in [3.63, 3.8) is 0 Å². The lowest BCUT2D eigenvalue weighted by atomic mass is 9.87. The van der Waals surface area contributed by atoms with Gasteiger partial charge in [0.05, 0.1) is 0 Å². The maximum Gasteiger partial charge on any atom is 0.0443 e. The minimum atomic E-state index is 0.205. The van der Waals surface area contributed by atoms with Crippen molar-refractivity contribution in [3.05, 3.63) is 59.2 Å². The van der Waals surface area contributed by atoms with E-state index in [0.717, 1.165) is 5.69 Å². The van der Waals surface area contributed by atoms with Crippen molar-refractivity contribution in [2.24, 2.45) is 0 Å². The minimum absolute atomic E-state index is 0.205. The standard InChI is InChI=1S/C18H23N/c1-13-7-6-8-14(2)17(13)19-16-11-9-15(10-12-16)18(3,4)5/h6-12,19H,1-5H3. The van der Waals surface area contributed by atoms with Gasteiger partial charge < -0.3 is 5.32 Å². The zero-order valence-corrected chi connectivity index (χ0v) is 12.5. The van der Waals surface area contributed by atoms with Gasteiger partial charge in [0.2, 0.25) is 0 Å². The van der Waals surface area contributed by atoms with E-state index in [1.54, 1.807) is 0 Å². The summed E-state index contributed by atoms with van der Waals surface area (Å²) in [7, 11) is 0. The van der Waals surface area contributed by atoms with E-state index in [-0.39, 0.29) is 5.41 Å². The van der Waals surface area contributed by atoms with Crippen molar-refractivity contribution in [2.75, 3.05) is 5.32 Å². The summed E-state index contributed by atoms with van der Waals surface area (Å²) in [6.07, 6.45) is 0. The number of hydrogen-bond acceptors (Lipinski definition) is 1. The van der Waals surface area contributed by atoms with Crippen LogP contribution < -0.4 is 5.32 Å². The molecule has 2 aromatic rings. The highest BCUT2D eigenvalue weighted by atomic mass is 14.9. The van der Waals surface area contributed by atoms with Gasteiger partial charge in [0, 0.05) is 11.4 Å². The number of hydrogen-bond donors (Lipinski definition) is 1. The number of rotatable bonds is 2. The fraction of sp³-hybridized carbons (Fsp3) is 0.333. The fourth-order valence-corrected chi connectivity index (χ4v) is 2.21. The lowest BCUT2D eigenvalue weighted by Crippen LogP contribution is -2.10. The normalized spacial score (nSPS) is 11.4. The van der Waals surface area contributed by atoms with Gasteiger partial charge in [-0.15, -0.1) is 0 Å². The van der Waals surface area contributed by atoms with Gasteiger partial charge in [0.15, 0.2) is 0 Å². The summed E-state index contributed by atoms with van der Waals surface area (Å²) in [6, 6.07) is 15.1. The molecule has 1 N–H and O–H groups in total. The average Bonchev–Trinajstić information content (AvgIpc) is 2.33. The highest BCUT2D eigenvalue weighted by Crippen LogP contribution is 2.27. The SMILES string of the molecule is Cc1cccc(C)c1Nc1ccc(C(C)(C)C)cc1. The summed E-state index contributed by atoms with van der Waals surface area (Å²) in [5, 5.41) is 3.52. The molecule has 0 saturated heterocycles. The molecule has 0 aliphatic carbocycles. The largest absolute Gasteiger partial charge is 0.355 e. The Labute approximate surface area is 116 Å². The monoisotopic (exact) mass is 253 g/mol. The predicted molar refractivity (Wildman–Crippen MR) is 84.3 cm³/mol. The molecule has 0 bridgehead atoms. The lowest BCUT2D eigenvalue weighted by molar-refractivity contribution is 0.590. The van der Waals surface area contributed by atoms with Gasteiger partial charge in [-0.2, -0.15) is 0 Å². The van der Waals surface area contributed by atoms with E-state index in [9.17, 15) is 0 Å². The summed E-state index contributed by atoms with van der Waals surface area (Å²) >= 11 is 0. The first-order valence-electron chi connectivity index (χ1n) is 6.82. The Morgan fingerprint density at radius 1 is 0.789 bits per heavy atom. The molecule has 2 aromatic carbocycles. The molecule has 0 heterocycles. The Hall–Kier alpha value is -1.76. The summed E-state index contributed by atoms with van der Waals surface area (Å²) in [6.45, 7) is 11.0. The maximum absolute atomic E-state index is 3.52. The van der Waals surface area contributed by atoms with E-state index in [0.29, 0.717) is 0 Å². The molecule has 0 aliphatic heterocycles. The molecule has 0 aliphatic rings. The molecular formula is C18H23N. The minimum Gasteiger partial charge on any atom is -0.355 e. The topological polar surface area (TPSA) is 12.0 Å². The van der Waals surface area contributed by atoms with Crippen molar-refractivity contribution < 1.29 is 0 Å². The third-order valence-corrected chi connectivity index (χ3v) is 3.50. The zero-order chi connectivity index (χ0) is 14.0. The molecule has 100 valence electrons. The van der Waals surface area contributed by atoms with Crippen molar-refractivity contribution in [1.82, 2.24) is 0 Å². The Morgan fingerprint density at radius 2 is 1.32 bits per heavy atom. The van der Waals surface area contributed by atoms with Crippen molar-refractivity contribution in [2.45, 2.75) is 40.0 Å². The van der Waals surface area contributed by atoms with Crippen LogP contribution in [0.3, 0.4) is 0 Å². The molecule has 2 rings (SSSR count). The first kappa shape index (κ1) is 13.7. The van der Waals surface area contributed by atoms with Crippen molar-refractivity contribution in [1.29, 1.82) is 0 Å². The van der Waals surface area contributed by atoms with Crippen LogP contribution in [-0.2, 0) is 5.41 Å². The lowest BCUT2D eigenvalue weighted by Gasteiger charge is -2.20. The number of anilines is 2. The average molecular weight is 253 g/mol. The quantitative estimate of drug-likeness (QED) is 0.761. The van der Waals surface area contributed by atoms with Crippen molar-refractivity contribution in [3.8, 4) is 0 Å². The van der Waals surface area contributed by atoms with Crippen LogP contribution in [0.2, 0.25) is 0 Å². The Kier molecular flexibility index (Phi) is 3.66. The first-order chi connectivity index (χ1) is 8.88. The van der Waals surface area contributed by atoms with Gasteiger partial charge >= 0.3 is 0 Å². The van der Waals surface area contributed by atoms with Crippen LogP contribution in [0.25, 0.3) is 0 Å². The van der Waals surface area contributed by atoms with Crippen LogP contribution in [0.1, 0.15) is 37.5 Å². The van der Waals surface area contributed by atoms with Crippen LogP contribution >= 0.6 is 0 Å². The number of nitrogens with one attached hydrogen (secondary N) is 1. The number of para-hydroxylation sites is 1. The van der Waals surface area contributed by atoms with E-state index < -0.39 is 0 Å². The molecule has 1 nitrogen and oxygen atoms in total.